The highest BCUT2D eigenvalue weighted by Gasteiger charge is 2.33. The Balaban J connectivity index is 1.68. The summed E-state index contributed by atoms with van der Waals surface area (Å²) < 4.78 is 40.4. The summed E-state index contributed by atoms with van der Waals surface area (Å²) in [6.07, 6.45) is 2.95. The summed E-state index contributed by atoms with van der Waals surface area (Å²) >= 11 is 0. The van der Waals surface area contributed by atoms with Gasteiger partial charge < -0.3 is 21.4 Å². The Kier molecular flexibility index (Phi) is 5.08. The van der Waals surface area contributed by atoms with Crippen molar-refractivity contribution in [2.75, 3.05) is 24.5 Å². The standard InChI is InChI=1S/C18H18F3N9/c19-18(20,21)14-10-30-13(7-27-16(30)8-26-14)17-25-2-1-15(28-17)29-4-3-24-12(9-29)11(5-22)6-23/h1-2,5-8,10,12,22,24H,3-4,9,23H2/b11-6+,22-5?. The van der Waals surface area contributed by atoms with Gasteiger partial charge in [-0.3, -0.25) is 4.40 Å². The van der Waals surface area contributed by atoms with Crippen LogP contribution in [-0.2, 0) is 6.18 Å². The molecule has 4 heterocycles. The molecule has 0 bridgehead atoms. The molecule has 0 aromatic carbocycles. The van der Waals surface area contributed by atoms with Crippen LogP contribution in [0, 0.1) is 5.41 Å². The van der Waals surface area contributed by atoms with Crippen LogP contribution in [0.1, 0.15) is 5.69 Å². The van der Waals surface area contributed by atoms with Crippen LogP contribution < -0.4 is 16.0 Å². The van der Waals surface area contributed by atoms with Gasteiger partial charge in [-0.25, -0.2) is 19.9 Å². The number of halogens is 3. The van der Waals surface area contributed by atoms with Crippen LogP contribution in [0.3, 0.4) is 0 Å². The molecule has 4 N–H and O–H groups in total. The van der Waals surface area contributed by atoms with E-state index in [0.29, 0.717) is 36.7 Å². The van der Waals surface area contributed by atoms with E-state index in [1.165, 1.54) is 23.0 Å². The molecule has 0 aliphatic carbocycles. The number of nitrogens with two attached hydrogens (primary N) is 1. The molecule has 0 spiro atoms. The number of hydrogen-bond acceptors (Lipinski definition) is 8. The van der Waals surface area contributed by atoms with E-state index in [4.69, 9.17) is 11.1 Å². The van der Waals surface area contributed by atoms with Crippen molar-refractivity contribution in [2.24, 2.45) is 5.73 Å². The summed E-state index contributed by atoms with van der Waals surface area (Å²) in [5, 5.41) is 10.8. The highest BCUT2D eigenvalue weighted by molar-refractivity contribution is 5.77. The van der Waals surface area contributed by atoms with Crippen LogP contribution in [0.2, 0.25) is 0 Å². The normalized spacial score (nSPS) is 18.0. The number of nitrogens with one attached hydrogen (secondary N) is 2. The van der Waals surface area contributed by atoms with Crippen molar-refractivity contribution in [2.45, 2.75) is 12.2 Å². The Morgan fingerprint density at radius 2 is 2.10 bits per heavy atom. The number of alkyl halides is 3. The highest BCUT2D eigenvalue weighted by Crippen LogP contribution is 2.29. The smallest absolute Gasteiger partial charge is 0.404 e. The van der Waals surface area contributed by atoms with Gasteiger partial charge in [0.05, 0.1) is 18.4 Å². The Morgan fingerprint density at radius 3 is 2.83 bits per heavy atom. The van der Waals surface area contributed by atoms with Crippen molar-refractivity contribution in [1.29, 1.82) is 5.41 Å². The molecular weight excluding hydrogens is 399 g/mol. The summed E-state index contributed by atoms with van der Waals surface area (Å²) in [7, 11) is 0. The number of hydrogen-bond donors (Lipinski definition) is 3. The van der Waals surface area contributed by atoms with Gasteiger partial charge in [-0.15, -0.1) is 0 Å². The summed E-state index contributed by atoms with van der Waals surface area (Å²) in [6, 6.07) is 1.60. The molecular formula is C18H18F3N9. The van der Waals surface area contributed by atoms with Gasteiger partial charge in [0.15, 0.2) is 17.2 Å². The molecule has 0 radical (unpaired) electrons. The highest BCUT2D eigenvalue weighted by atomic mass is 19.4. The second-order valence-electron chi connectivity index (χ2n) is 6.64. The first-order valence-corrected chi connectivity index (χ1v) is 9.05. The second-order valence-corrected chi connectivity index (χ2v) is 6.64. The molecule has 1 aliphatic heterocycles. The minimum Gasteiger partial charge on any atom is -0.404 e. The molecule has 156 valence electrons. The van der Waals surface area contributed by atoms with Crippen molar-refractivity contribution in [3.05, 3.63) is 48.3 Å². The van der Waals surface area contributed by atoms with Gasteiger partial charge in [-0.1, -0.05) is 0 Å². The molecule has 12 heteroatoms. The van der Waals surface area contributed by atoms with Crippen molar-refractivity contribution < 1.29 is 13.2 Å². The van der Waals surface area contributed by atoms with Gasteiger partial charge in [0.2, 0.25) is 0 Å². The summed E-state index contributed by atoms with van der Waals surface area (Å²) in [4.78, 5) is 18.3. The molecule has 0 saturated carbocycles. The molecule has 1 atom stereocenters. The van der Waals surface area contributed by atoms with Gasteiger partial charge in [0, 0.05) is 50.0 Å². The van der Waals surface area contributed by atoms with E-state index in [0.717, 1.165) is 12.4 Å². The maximum Gasteiger partial charge on any atom is 0.434 e. The molecule has 3 aromatic rings. The number of piperazine rings is 1. The lowest BCUT2D eigenvalue weighted by molar-refractivity contribution is -0.141. The van der Waals surface area contributed by atoms with E-state index in [-0.39, 0.29) is 17.5 Å². The van der Waals surface area contributed by atoms with Gasteiger partial charge >= 0.3 is 6.18 Å². The SMILES string of the molecule is N=C/C(=C\N)C1CN(c2ccnc(-c3cnc4cnc(C(F)(F)F)cn34)n2)CCN1. The Morgan fingerprint density at radius 1 is 1.27 bits per heavy atom. The number of nitrogens with zero attached hydrogens (tertiary/aromatic N) is 6. The van der Waals surface area contributed by atoms with Gasteiger partial charge in [-0.05, 0) is 6.07 Å². The van der Waals surface area contributed by atoms with Crippen LogP contribution in [0.25, 0.3) is 17.2 Å². The van der Waals surface area contributed by atoms with Crippen LogP contribution in [0.5, 0.6) is 0 Å². The van der Waals surface area contributed by atoms with E-state index in [2.05, 4.69) is 25.3 Å². The predicted molar refractivity (Wildman–Crippen MR) is 104 cm³/mol. The molecule has 1 saturated heterocycles. The van der Waals surface area contributed by atoms with Gasteiger partial charge in [-0.2, -0.15) is 13.2 Å². The summed E-state index contributed by atoms with van der Waals surface area (Å²) in [6.45, 7) is 1.85. The minimum atomic E-state index is -4.57. The molecule has 0 amide bonds. The van der Waals surface area contributed by atoms with Crippen LogP contribution in [0.15, 0.2) is 42.6 Å². The zero-order valence-corrected chi connectivity index (χ0v) is 15.6. The Hall–Kier alpha value is -3.54. The Bertz CT molecular complexity index is 1110. The largest absolute Gasteiger partial charge is 0.434 e. The molecule has 9 nitrogen and oxygen atoms in total. The Labute approximate surface area is 169 Å². The predicted octanol–water partition coefficient (Wildman–Crippen LogP) is 1.48. The fourth-order valence-electron chi connectivity index (χ4n) is 3.30. The summed E-state index contributed by atoms with van der Waals surface area (Å²) in [5.74, 6) is 0.865. The fraction of sp³-hybridized carbons (Fsp3) is 0.278. The zero-order valence-electron chi connectivity index (χ0n) is 15.6. The second kappa shape index (κ2) is 7.71. The van der Waals surface area contributed by atoms with E-state index < -0.39 is 11.9 Å². The average Bonchev–Trinajstić information content (AvgIpc) is 3.18. The van der Waals surface area contributed by atoms with Crippen molar-refractivity contribution in [1.82, 2.24) is 29.7 Å². The lowest BCUT2D eigenvalue weighted by Gasteiger charge is -2.34. The quantitative estimate of drug-likeness (QED) is 0.550. The van der Waals surface area contributed by atoms with Crippen molar-refractivity contribution in [3.8, 4) is 11.5 Å². The van der Waals surface area contributed by atoms with Crippen LogP contribution in [0.4, 0.5) is 19.0 Å². The van der Waals surface area contributed by atoms with E-state index in [9.17, 15) is 13.2 Å². The lowest BCUT2D eigenvalue weighted by atomic mass is 10.1. The van der Waals surface area contributed by atoms with Crippen molar-refractivity contribution in [3.63, 3.8) is 0 Å². The molecule has 30 heavy (non-hydrogen) atoms. The average molecular weight is 417 g/mol. The monoisotopic (exact) mass is 417 g/mol. The van der Waals surface area contributed by atoms with Crippen LogP contribution >= 0.6 is 0 Å². The third-order valence-electron chi connectivity index (χ3n) is 4.82. The van der Waals surface area contributed by atoms with E-state index in [1.54, 1.807) is 12.3 Å². The molecule has 1 unspecified atom stereocenters. The molecule has 1 fully saturated rings. The number of anilines is 1. The maximum atomic E-state index is 13.1. The number of imidazole rings is 1. The topological polar surface area (TPSA) is 121 Å². The minimum absolute atomic E-state index is 0.129. The third-order valence-corrected chi connectivity index (χ3v) is 4.82. The number of aromatic nitrogens is 5. The maximum absolute atomic E-state index is 13.1. The first kappa shape index (κ1) is 19.8. The van der Waals surface area contributed by atoms with Gasteiger partial charge in [0.25, 0.3) is 0 Å². The lowest BCUT2D eigenvalue weighted by Crippen LogP contribution is -2.52. The van der Waals surface area contributed by atoms with Crippen molar-refractivity contribution >= 4 is 17.7 Å². The first-order chi connectivity index (χ1) is 14.4. The third kappa shape index (κ3) is 3.68. The molecule has 3 aromatic heterocycles. The first-order valence-electron chi connectivity index (χ1n) is 9.05. The zero-order chi connectivity index (χ0) is 21.3. The van der Waals surface area contributed by atoms with Gasteiger partial charge in [0.1, 0.15) is 11.5 Å². The number of rotatable bonds is 4. The molecule has 4 rings (SSSR count). The summed E-state index contributed by atoms with van der Waals surface area (Å²) in [5.41, 5.74) is 5.81. The number of fused-ring (bicyclic) bond motifs is 1. The van der Waals surface area contributed by atoms with E-state index in [1.807, 2.05) is 4.90 Å². The van der Waals surface area contributed by atoms with E-state index >= 15 is 0 Å². The molecule has 1 aliphatic rings. The fourth-order valence-corrected chi connectivity index (χ4v) is 3.30. The van der Waals surface area contributed by atoms with Crippen LogP contribution in [-0.4, -0.2) is 56.2 Å².